The number of anilines is 2. The molecule has 1 saturated heterocycles. The van der Waals surface area contributed by atoms with Gasteiger partial charge in [0.25, 0.3) is 0 Å². The second-order valence-electron chi connectivity index (χ2n) is 10.1. The predicted molar refractivity (Wildman–Crippen MR) is 132 cm³/mol. The van der Waals surface area contributed by atoms with E-state index in [1.807, 2.05) is 0 Å². The van der Waals surface area contributed by atoms with E-state index in [9.17, 15) is 28.2 Å². The van der Waals surface area contributed by atoms with Crippen molar-refractivity contribution in [1.82, 2.24) is 14.9 Å². The molecule has 1 aliphatic carbocycles. The molecule has 1 aliphatic heterocycles. The fourth-order valence-corrected chi connectivity index (χ4v) is 4.80. The Morgan fingerprint density at radius 3 is 2.37 bits per heavy atom. The van der Waals surface area contributed by atoms with Crippen LogP contribution in [0.1, 0.15) is 36.8 Å². The minimum atomic E-state index is -4.43. The van der Waals surface area contributed by atoms with Gasteiger partial charge in [-0.2, -0.15) is 17.6 Å². The number of hydrogen-bond acceptors (Lipinski definition) is 8. The smallest absolute Gasteiger partial charge is 0.396 e. The fourth-order valence-electron chi connectivity index (χ4n) is 4.80. The van der Waals surface area contributed by atoms with Crippen LogP contribution in [0.15, 0.2) is 30.6 Å². The summed E-state index contributed by atoms with van der Waals surface area (Å²) in [4.78, 5) is 23.3. The minimum absolute atomic E-state index is 0.0207. The molecule has 9 nitrogen and oxygen atoms in total. The number of nitrogens with zero attached hydrogens (tertiary/aromatic N) is 4. The van der Waals surface area contributed by atoms with Crippen molar-refractivity contribution in [3.63, 3.8) is 0 Å². The van der Waals surface area contributed by atoms with Crippen LogP contribution in [-0.2, 0) is 17.5 Å². The van der Waals surface area contributed by atoms with Gasteiger partial charge in [0, 0.05) is 24.5 Å². The Labute approximate surface area is 217 Å². The Kier molecular flexibility index (Phi) is 8.38. The van der Waals surface area contributed by atoms with Crippen molar-refractivity contribution in [1.29, 1.82) is 0 Å². The van der Waals surface area contributed by atoms with Crippen LogP contribution in [0.3, 0.4) is 0 Å². The van der Waals surface area contributed by atoms with Gasteiger partial charge in [-0.05, 0) is 56.5 Å². The summed E-state index contributed by atoms with van der Waals surface area (Å²) < 4.78 is 54.3. The lowest BCUT2D eigenvalue weighted by molar-refractivity contribution is -0.137. The molecular weight excluding hydrogens is 508 g/mol. The summed E-state index contributed by atoms with van der Waals surface area (Å²) in [6.07, 6.45) is -0.590. The molecule has 4 rings (SSSR count). The molecular formula is C25H32F4N6O3. The van der Waals surface area contributed by atoms with Crippen molar-refractivity contribution >= 4 is 17.5 Å². The molecule has 38 heavy (non-hydrogen) atoms. The summed E-state index contributed by atoms with van der Waals surface area (Å²) in [7, 11) is 0. The van der Waals surface area contributed by atoms with Crippen LogP contribution < -0.4 is 16.0 Å². The van der Waals surface area contributed by atoms with E-state index in [4.69, 9.17) is 5.73 Å². The summed E-state index contributed by atoms with van der Waals surface area (Å²) in [5, 5.41) is 22.6. The highest BCUT2D eigenvalue weighted by atomic mass is 19.4. The van der Waals surface area contributed by atoms with E-state index in [0.29, 0.717) is 31.5 Å². The number of piperidine rings is 1. The van der Waals surface area contributed by atoms with Crippen LogP contribution in [-0.4, -0.2) is 75.9 Å². The van der Waals surface area contributed by atoms with Gasteiger partial charge in [0.1, 0.15) is 12.4 Å². The highest BCUT2D eigenvalue weighted by molar-refractivity contribution is 5.80. The van der Waals surface area contributed by atoms with Gasteiger partial charge < -0.3 is 26.2 Å². The monoisotopic (exact) mass is 540 g/mol. The van der Waals surface area contributed by atoms with Crippen LogP contribution >= 0.6 is 0 Å². The number of amides is 1. The Bertz CT molecular complexity index is 1110. The number of alkyl halides is 3. The number of carbonyl (C=O) groups is 1. The zero-order valence-corrected chi connectivity index (χ0v) is 20.8. The molecule has 1 unspecified atom stereocenters. The number of primary amides is 1. The van der Waals surface area contributed by atoms with Gasteiger partial charge in [-0.3, -0.25) is 9.69 Å². The number of benzene rings is 1. The molecule has 1 amide bonds. The van der Waals surface area contributed by atoms with Gasteiger partial charge in [-0.15, -0.1) is 0 Å². The maximum atomic E-state index is 15.6. The van der Waals surface area contributed by atoms with Gasteiger partial charge in [-0.25, -0.2) is 9.97 Å². The second-order valence-corrected chi connectivity index (χ2v) is 10.1. The molecule has 1 saturated carbocycles. The van der Waals surface area contributed by atoms with Gasteiger partial charge in [0.15, 0.2) is 11.6 Å². The number of hydrogen-bond donors (Lipinski definition) is 4. The topological polar surface area (TPSA) is 128 Å². The number of aliphatic hydroxyl groups excluding tert-OH is 2. The van der Waals surface area contributed by atoms with E-state index >= 15 is 4.39 Å². The third-order valence-corrected chi connectivity index (χ3v) is 7.43. The van der Waals surface area contributed by atoms with Gasteiger partial charge in [-0.1, -0.05) is 12.1 Å². The van der Waals surface area contributed by atoms with Crippen LogP contribution in [0.25, 0.3) is 0 Å². The van der Waals surface area contributed by atoms with E-state index in [-0.39, 0.29) is 37.4 Å². The molecule has 13 heteroatoms. The van der Waals surface area contributed by atoms with Crippen LogP contribution in [0.5, 0.6) is 0 Å². The van der Waals surface area contributed by atoms with Gasteiger partial charge >= 0.3 is 6.18 Å². The molecule has 2 aromatic rings. The molecule has 2 fully saturated rings. The predicted octanol–water partition coefficient (Wildman–Crippen LogP) is 2.14. The summed E-state index contributed by atoms with van der Waals surface area (Å²) in [6, 6.07) is 4.01. The maximum Gasteiger partial charge on any atom is 0.416 e. The number of aromatic nitrogens is 2. The SMILES string of the molecule is NC(=O)C(CO)N1CCC(CO)(CNc2ncnc(N(Cc3ccc(C(F)(F)F)cc3)C3CC3)c2F)CC1. The number of nitrogens with one attached hydrogen (secondary N) is 1. The molecule has 0 bridgehead atoms. The first-order chi connectivity index (χ1) is 18.1. The average Bonchev–Trinajstić information content (AvgIpc) is 3.73. The minimum Gasteiger partial charge on any atom is -0.396 e. The van der Waals surface area contributed by atoms with E-state index < -0.39 is 41.5 Å². The molecule has 0 radical (unpaired) electrons. The van der Waals surface area contributed by atoms with E-state index in [1.54, 1.807) is 9.80 Å². The number of rotatable bonds is 11. The number of carbonyl (C=O) groups excluding carboxylic acids is 1. The normalized spacial score (nSPS) is 18.7. The lowest BCUT2D eigenvalue weighted by Gasteiger charge is -2.42. The third kappa shape index (κ3) is 6.33. The lowest BCUT2D eigenvalue weighted by Crippen LogP contribution is -2.54. The summed E-state index contributed by atoms with van der Waals surface area (Å²) in [5.41, 5.74) is 4.62. The standard InChI is InChI=1S/C25H32F4N6O3/c26-20-22(31-13-24(14-37)7-9-34(10-8-24)19(12-36)21(30)38)32-15-33-23(20)35(18-5-6-18)11-16-1-3-17(4-2-16)25(27,28)29/h1-4,15,18-19,36-37H,5-14H2,(H2,30,38)(H,31,32,33). The summed E-state index contributed by atoms with van der Waals surface area (Å²) in [6.45, 7) is 0.702. The molecule has 0 spiro atoms. The van der Waals surface area contributed by atoms with Crippen LogP contribution in [0, 0.1) is 11.2 Å². The highest BCUT2D eigenvalue weighted by Crippen LogP contribution is 2.36. The third-order valence-electron chi connectivity index (χ3n) is 7.43. The summed E-state index contributed by atoms with van der Waals surface area (Å²) in [5.74, 6) is -1.26. The van der Waals surface area contributed by atoms with E-state index in [0.717, 1.165) is 25.0 Å². The molecule has 2 aliphatic rings. The van der Waals surface area contributed by atoms with Gasteiger partial charge in [0.2, 0.25) is 11.7 Å². The molecule has 1 aromatic heterocycles. The number of aliphatic hydroxyl groups is 2. The van der Waals surface area contributed by atoms with Crippen molar-refractivity contribution in [3.8, 4) is 0 Å². The Hall–Kier alpha value is -3.03. The van der Waals surface area contributed by atoms with E-state index in [1.165, 1.54) is 18.5 Å². The van der Waals surface area contributed by atoms with Crippen molar-refractivity contribution in [2.45, 2.75) is 50.5 Å². The summed E-state index contributed by atoms with van der Waals surface area (Å²) >= 11 is 0. The molecule has 1 aromatic carbocycles. The highest BCUT2D eigenvalue weighted by Gasteiger charge is 2.38. The maximum absolute atomic E-state index is 15.6. The van der Waals surface area contributed by atoms with Crippen molar-refractivity contribution in [2.24, 2.45) is 11.1 Å². The van der Waals surface area contributed by atoms with Crippen molar-refractivity contribution < 1.29 is 32.6 Å². The lowest BCUT2D eigenvalue weighted by atomic mass is 9.78. The first-order valence-corrected chi connectivity index (χ1v) is 12.5. The number of nitrogens with two attached hydrogens (primary N) is 1. The van der Waals surface area contributed by atoms with Crippen LogP contribution in [0.4, 0.5) is 29.2 Å². The molecule has 208 valence electrons. The van der Waals surface area contributed by atoms with Crippen molar-refractivity contribution in [2.75, 3.05) is 43.1 Å². The molecule has 1 atom stereocenters. The van der Waals surface area contributed by atoms with Gasteiger partial charge in [0.05, 0.1) is 18.8 Å². The average molecular weight is 541 g/mol. The van der Waals surface area contributed by atoms with E-state index in [2.05, 4.69) is 15.3 Å². The molecule has 5 N–H and O–H groups in total. The first kappa shape index (κ1) is 28.0. The quantitative estimate of drug-likeness (QED) is 0.319. The number of likely N-dealkylation sites (tertiary alicyclic amines) is 1. The first-order valence-electron chi connectivity index (χ1n) is 12.5. The Morgan fingerprint density at radius 2 is 1.84 bits per heavy atom. The fraction of sp³-hybridized carbons (Fsp3) is 0.560. The zero-order chi connectivity index (χ0) is 27.5. The Balaban J connectivity index is 1.45. The number of halogens is 4. The second kappa shape index (κ2) is 11.4. The Morgan fingerprint density at radius 1 is 1.18 bits per heavy atom. The zero-order valence-electron chi connectivity index (χ0n) is 20.8. The largest absolute Gasteiger partial charge is 0.416 e. The van der Waals surface area contributed by atoms with Crippen LogP contribution in [0.2, 0.25) is 0 Å². The molecule has 2 heterocycles. The van der Waals surface area contributed by atoms with Crippen molar-refractivity contribution in [3.05, 3.63) is 47.5 Å².